The molecule has 1 aliphatic heterocycles. The molecule has 7 heteroatoms. The molecule has 0 spiro atoms. The Morgan fingerprint density at radius 2 is 1.56 bits per heavy atom. The fraction of sp³-hybridized carbons (Fsp3) is 0.312. The molecule has 39 heavy (non-hydrogen) atoms. The number of H-pyrrole nitrogens is 1. The molecule has 0 unspecified atom stereocenters. The summed E-state index contributed by atoms with van der Waals surface area (Å²) in [6, 6.07) is 26.8. The molecule has 0 aliphatic carbocycles. The number of aryl methyl sites for hydroxylation is 2. The highest BCUT2D eigenvalue weighted by molar-refractivity contribution is 5.81. The number of benzene rings is 3. The van der Waals surface area contributed by atoms with Crippen molar-refractivity contribution in [1.82, 2.24) is 30.1 Å². The van der Waals surface area contributed by atoms with Crippen molar-refractivity contribution in [3.8, 4) is 0 Å². The second kappa shape index (κ2) is 10.9. The van der Waals surface area contributed by atoms with Crippen LogP contribution in [-0.2, 0) is 13.0 Å². The summed E-state index contributed by atoms with van der Waals surface area (Å²) in [5.41, 5.74) is 6.33. The number of likely N-dealkylation sites (tertiary alicyclic amines) is 1. The van der Waals surface area contributed by atoms with Crippen LogP contribution in [0.5, 0.6) is 0 Å². The Morgan fingerprint density at radius 1 is 0.897 bits per heavy atom. The average molecular weight is 519 g/mol. The number of tetrazole rings is 1. The van der Waals surface area contributed by atoms with Crippen molar-refractivity contribution in [3.05, 3.63) is 123 Å². The minimum Gasteiger partial charge on any atom is -0.322 e. The van der Waals surface area contributed by atoms with Gasteiger partial charge in [0.15, 0.2) is 5.82 Å². The van der Waals surface area contributed by atoms with Gasteiger partial charge in [-0.1, -0.05) is 60.7 Å². The normalized spacial score (nSPS) is 15.5. The molecule has 3 aromatic carbocycles. The highest BCUT2D eigenvalue weighted by Crippen LogP contribution is 2.32. The monoisotopic (exact) mass is 518 g/mol. The Hall–Kier alpha value is -4.10. The third-order valence-electron chi connectivity index (χ3n) is 8.14. The lowest BCUT2D eigenvalue weighted by atomic mass is 9.89. The van der Waals surface area contributed by atoms with Gasteiger partial charge in [-0.25, -0.2) is 4.68 Å². The first-order valence-electron chi connectivity index (χ1n) is 13.8. The van der Waals surface area contributed by atoms with E-state index in [0.29, 0.717) is 23.9 Å². The molecule has 0 amide bonds. The second-order valence-corrected chi connectivity index (χ2v) is 10.8. The van der Waals surface area contributed by atoms with Crippen molar-refractivity contribution in [2.45, 2.75) is 45.7 Å². The van der Waals surface area contributed by atoms with E-state index in [1.807, 2.05) is 28.9 Å². The lowest BCUT2D eigenvalue weighted by Gasteiger charge is -2.37. The summed E-state index contributed by atoms with van der Waals surface area (Å²) < 4.78 is 1.85. The van der Waals surface area contributed by atoms with Gasteiger partial charge in [-0.3, -0.25) is 9.69 Å². The zero-order valence-electron chi connectivity index (χ0n) is 22.5. The number of hydrogen-bond acceptors (Lipinski definition) is 5. The number of rotatable bonds is 7. The molecule has 7 nitrogen and oxygen atoms in total. The molecule has 0 bridgehead atoms. The summed E-state index contributed by atoms with van der Waals surface area (Å²) in [6.45, 7) is 6.49. The van der Waals surface area contributed by atoms with Crippen LogP contribution in [0.1, 0.15) is 52.5 Å². The lowest BCUT2D eigenvalue weighted by molar-refractivity contribution is 0.143. The number of pyridine rings is 1. The highest BCUT2D eigenvalue weighted by Gasteiger charge is 2.33. The van der Waals surface area contributed by atoms with Gasteiger partial charge < -0.3 is 4.98 Å². The first-order valence-corrected chi connectivity index (χ1v) is 13.8. The molecule has 1 N–H and O–H groups in total. The van der Waals surface area contributed by atoms with Crippen LogP contribution in [0.15, 0.2) is 83.7 Å². The Kier molecular flexibility index (Phi) is 7.07. The topological polar surface area (TPSA) is 79.7 Å². The standard InChI is InChI=1S/C32H34N6O/c1-22-17-27-20-28(32(39)33-29(27)18-23(22)2)30(31-34-35-36-38(31)21-26-11-7-4-8-12-26)37-15-13-25(14-16-37)19-24-9-5-3-6-10-24/h3-12,17-18,20,25,30H,13-16,19,21H2,1-2H3,(H,33,39)/t30-/m1/s1. The first kappa shape index (κ1) is 25.2. The number of nitrogens with one attached hydrogen (secondary N) is 1. The Morgan fingerprint density at radius 3 is 2.28 bits per heavy atom. The fourth-order valence-electron chi connectivity index (χ4n) is 5.83. The van der Waals surface area contributed by atoms with E-state index >= 15 is 0 Å². The van der Waals surface area contributed by atoms with Crippen LogP contribution < -0.4 is 5.56 Å². The van der Waals surface area contributed by atoms with Crippen molar-refractivity contribution in [2.75, 3.05) is 13.1 Å². The highest BCUT2D eigenvalue weighted by atomic mass is 16.1. The van der Waals surface area contributed by atoms with Crippen LogP contribution in [0, 0.1) is 19.8 Å². The van der Waals surface area contributed by atoms with Gasteiger partial charge in [0.25, 0.3) is 5.56 Å². The third-order valence-corrected chi connectivity index (χ3v) is 8.14. The van der Waals surface area contributed by atoms with E-state index in [4.69, 9.17) is 0 Å². The maximum Gasteiger partial charge on any atom is 0.253 e. The average Bonchev–Trinajstić information content (AvgIpc) is 3.40. The summed E-state index contributed by atoms with van der Waals surface area (Å²) in [5, 5.41) is 14.0. The van der Waals surface area contributed by atoms with Crippen LogP contribution in [-0.4, -0.2) is 43.2 Å². The zero-order valence-corrected chi connectivity index (χ0v) is 22.5. The number of nitrogens with zero attached hydrogens (tertiary/aromatic N) is 5. The van der Waals surface area contributed by atoms with E-state index in [2.05, 4.69) is 93.9 Å². The Balaban J connectivity index is 1.36. The summed E-state index contributed by atoms with van der Waals surface area (Å²) >= 11 is 0. The molecule has 0 radical (unpaired) electrons. The molecule has 0 saturated carbocycles. The quantitative estimate of drug-likeness (QED) is 0.319. The van der Waals surface area contributed by atoms with Gasteiger partial charge in [0.2, 0.25) is 0 Å². The maximum absolute atomic E-state index is 13.6. The second-order valence-electron chi connectivity index (χ2n) is 10.8. The third kappa shape index (κ3) is 5.40. The van der Waals surface area contributed by atoms with Crippen LogP contribution in [0.4, 0.5) is 0 Å². The van der Waals surface area contributed by atoms with Gasteiger partial charge in [-0.2, -0.15) is 0 Å². The molecule has 1 saturated heterocycles. The number of fused-ring (bicyclic) bond motifs is 1. The molecule has 198 valence electrons. The van der Waals surface area contributed by atoms with Gasteiger partial charge in [0.1, 0.15) is 6.04 Å². The largest absolute Gasteiger partial charge is 0.322 e. The molecular formula is C32H34N6O. The van der Waals surface area contributed by atoms with Crippen molar-refractivity contribution in [2.24, 2.45) is 5.92 Å². The Labute approximate surface area is 228 Å². The molecule has 5 aromatic rings. The summed E-state index contributed by atoms with van der Waals surface area (Å²) in [6.07, 6.45) is 3.21. The zero-order chi connectivity index (χ0) is 26.8. The van der Waals surface area contributed by atoms with Crippen molar-refractivity contribution in [1.29, 1.82) is 0 Å². The molecular weight excluding hydrogens is 484 g/mol. The smallest absolute Gasteiger partial charge is 0.253 e. The van der Waals surface area contributed by atoms with E-state index in [1.54, 1.807) is 0 Å². The van der Waals surface area contributed by atoms with E-state index in [-0.39, 0.29) is 11.6 Å². The molecule has 1 atom stereocenters. The van der Waals surface area contributed by atoms with Crippen LogP contribution in [0.2, 0.25) is 0 Å². The van der Waals surface area contributed by atoms with E-state index < -0.39 is 0 Å². The molecule has 6 rings (SSSR count). The molecule has 2 aromatic heterocycles. The van der Waals surface area contributed by atoms with Crippen molar-refractivity contribution < 1.29 is 0 Å². The van der Waals surface area contributed by atoms with Crippen molar-refractivity contribution in [3.63, 3.8) is 0 Å². The van der Waals surface area contributed by atoms with Gasteiger partial charge in [-0.05, 0) is 108 Å². The van der Waals surface area contributed by atoms with Gasteiger partial charge >= 0.3 is 0 Å². The minimum atomic E-state index is -0.337. The van der Waals surface area contributed by atoms with E-state index in [0.717, 1.165) is 54.4 Å². The Bertz CT molecular complexity index is 1620. The summed E-state index contributed by atoms with van der Waals surface area (Å²) in [5.74, 6) is 1.32. The minimum absolute atomic E-state index is 0.0866. The summed E-state index contributed by atoms with van der Waals surface area (Å²) in [7, 11) is 0. The number of hydrogen-bond donors (Lipinski definition) is 1. The molecule has 1 aliphatic rings. The summed E-state index contributed by atoms with van der Waals surface area (Å²) in [4.78, 5) is 19.2. The number of piperidine rings is 1. The predicted molar refractivity (Wildman–Crippen MR) is 154 cm³/mol. The predicted octanol–water partition coefficient (Wildman–Crippen LogP) is 5.22. The van der Waals surface area contributed by atoms with Crippen LogP contribution in [0.3, 0.4) is 0 Å². The van der Waals surface area contributed by atoms with Gasteiger partial charge in [0.05, 0.1) is 6.54 Å². The SMILES string of the molecule is Cc1cc2cc([C@H](c3nnnn3Cc3ccccc3)N3CCC(Cc4ccccc4)CC3)c(=O)[nH]c2cc1C. The van der Waals surface area contributed by atoms with Gasteiger partial charge in [-0.15, -0.1) is 5.10 Å². The molecule has 1 fully saturated rings. The number of aromatic nitrogens is 5. The van der Waals surface area contributed by atoms with E-state index in [1.165, 1.54) is 11.1 Å². The van der Waals surface area contributed by atoms with Crippen LogP contribution in [0.25, 0.3) is 10.9 Å². The first-order chi connectivity index (χ1) is 19.0. The lowest BCUT2D eigenvalue weighted by Crippen LogP contribution is -2.41. The van der Waals surface area contributed by atoms with Crippen molar-refractivity contribution >= 4 is 10.9 Å². The number of aromatic amines is 1. The van der Waals surface area contributed by atoms with E-state index in [9.17, 15) is 4.79 Å². The van der Waals surface area contributed by atoms with Crippen LogP contribution >= 0.6 is 0 Å². The van der Waals surface area contributed by atoms with Gasteiger partial charge in [0, 0.05) is 11.1 Å². The molecule has 3 heterocycles. The fourth-order valence-corrected chi connectivity index (χ4v) is 5.83. The maximum atomic E-state index is 13.6.